The molecule has 0 saturated heterocycles. The van der Waals surface area contributed by atoms with Crippen molar-refractivity contribution in [2.45, 2.75) is 12.7 Å². The summed E-state index contributed by atoms with van der Waals surface area (Å²) in [4.78, 5) is 4.08. The number of alkyl halides is 3. The molecule has 0 fully saturated rings. The fourth-order valence-corrected chi connectivity index (χ4v) is 2.47. The summed E-state index contributed by atoms with van der Waals surface area (Å²) in [5.74, 6) is -0.321. The summed E-state index contributed by atoms with van der Waals surface area (Å²) in [6.07, 6.45) is -3.08. The van der Waals surface area contributed by atoms with E-state index in [1.165, 1.54) is 29.2 Å². The Bertz CT molecular complexity index is 903. The first-order valence-electron chi connectivity index (χ1n) is 7.07. The molecule has 0 spiro atoms. The van der Waals surface area contributed by atoms with Gasteiger partial charge in [-0.2, -0.15) is 13.2 Å². The summed E-state index contributed by atoms with van der Waals surface area (Å²) in [6.45, 7) is -0.0182. The van der Waals surface area contributed by atoms with Crippen molar-refractivity contribution in [3.8, 4) is 17.1 Å². The van der Waals surface area contributed by atoms with Crippen LogP contribution < -0.4 is 5.73 Å². The van der Waals surface area contributed by atoms with E-state index in [0.29, 0.717) is 11.3 Å². The second-order valence-electron chi connectivity index (χ2n) is 5.18. The Labute approximate surface area is 144 Å². The molecule has 0 unspecified atom stereocenters. The van der Waals surface area contributed by atoms with Gasteiger partial charge in [0, 0.05) is 17.7 Å². The molecule has 0 bridgehead atoms. The highest BCUT2D eigenvalue weighted by atomic mass is 35.5. The van der Waals surface area contributed by atoms with E-state index < -0.39 is 17.6 Å². The van der Waals surface area contributed by atoms with Gasteiger partial charge in [-0.05, 0) is 36.4 Å². The number of nitrogens with two attached hydrogens (primary N) is 1. The van der Waals surface area contributed by atoms with Crippen molar-refractivity contribution in [1.29, 1.82) is 0 Å². The molecule has 2 aromatic carbocycles. The lowest BCUT2D eigenvalue weighted by Crippen LogP contribution is -2.05. The molecule has 0 amide bonds. The van der Waals surface area contributed by atoms with Gasteiger partial charge in [-0.25, -0.2) is 14.1 Å². The summed E-state index contributed by atoms with van der Waals surface area (Å²) < 4.78 is 52.8. The molecule has 0 atom stereocenters. The maximum Gasteiger partial charge on any atom is 0.416 e. The van der Waals surface area contributed by atoms with Crippen LogP contribution in [0, 0.1) is 5.82 Å². The summed E-state index contributed by atoms with van der Waals surface area (Å²) in [7, 11) is 0. The molecule has 3 rings (SSSR count). The SMILES string of the molecule is NCc1cc(-c2ncn(-c3ccc(C(F)(F)F)cc3)n2)c(Cl)cc1F. The highest BCUT2D eigenvalue weighted by molar-refractivity contribution is 6.33. The molecule has 1 aromatic heterocycles. The standard InChI is InChI=1S/C16H11ClF4N4/c17-13-6-14(18)9(7-22)5-12(13)15-23-8-25(24-15)11-3-1-10(2-4-11)16(19,20)21/h1-6,8H,7,22H2. The molecule has 0 radical (unpaired) electrons. The average molecular weight is 371 g/mol. The molecular weight excluding hydrogens is 360 g/mol. The molecule has 2 N–H and O–H groups in total. The zero-order valence-electron chi connectivity index (χ0n) is 12.6. The first kappa shape index (κ1) is 17.4. The Balaban J connectivity index is 1.96. The minimum Gasteiger partial charge on any atom is -0.326 e. The maximum absolute atomic E-state index is 13.6. The molecular formula is C16H11ClF4N4. The Morgan fingerprint density at radius 1 is 1.12 bits per heavy atom. The molecule has 1 heterocycles. The molecule has 3 aromatic rings. The van der Waals surface area contributed by atoms with E-state index in [0.717, 1.165) is 18.2 Å². The number of hydrogen-bond donors (Lipinski definition) is 1. The van der Waals surface area contributed by atoms with Crippen molar-refractivity contribution < 1.29 is 17.6 Å². The van der Waals surface area contributed by atoms with Crippen LogP contribution in [0.2, 0.25) is 5.02 Å². The zero-order chi connectivity index (χ0) is 18.2. The Morgan fingerprint density at radius 3 is 2.40 bits per heavy atom. The topological polar surface area (TPSA) is 56.7 Å². The number of hydrogen-bond acceptors (Lipinski definition) is 3. The van der Waals surface area contributed by atoms with Gasteiger partial charge in [-0.15, -0.1) is 5.10 Å². The van der Waals surface area contributed by atoms with E-state index in [9.17, 15) is 17.6 Å². The number of benzene rings is 2. The quantitative estimate of drug-likeness (QED) is 0.703. The summed E-state index contributed by atoms with van der Waals surface area (Å²) in [5, 5.41) is 4.30. The number of nitrogens with zero attached hydrogens (tertiary/aromatic N) is 3. The van der Waals surface area contributed by atoms with Gasteiger partial charge in [0.1, 0.15) is 12.1 Å². The molecule has 0 aliphatic carbocycles. The van der Waals surface area contributed by atoms with Crippen molar-refractivity contribution >= 4 is 11.6 Å². The predicted octanol–water partition coefficient (Wildman–Crippen LogP) is 4.20. The predicted molar refractivity (Wildman–Crippen MR) is 84.7 cm³/mol. The van der Waals surface area contributed by atoms with E-state index in [4.69, 9.17) is 17.3 Å². The number of aromatic nitrogens is 3. The van der Waals surface area contributed by atoms with Crippen LogP contribution >= 0.6 is 11.6 Å². The van der Waals surface area contributed by atoms with Crippen molar-refractivity contribution in [3.05, 3.63) is 64.7 Å². The second-order valence-corrected chi connectivity index (χ2v) is 5.59. The third-order valence-corrected chi connectivity index (χ3v) is 3.86. The van der Waals surface area contributed by atoms with Crippen molar-refractivity contribution in [1.82, 2.24) is 14.8 Å². The highest BCUT2D eigenvalue weighted by Gasteiger charge is 2.30. The fraction of sp³-hybridized carbons (Fsp3) is 0.125. The van der Waals surface area contributed by atoms with E-state index in [2.05, 4.69) is 10.1 Å². The Hall–Kier alpha value is -2.45. The van der Waals surface area contributed by atoms with Crippen molar-refractivity contribution in [2.75, 3.05) is 0 Å². The van der Waals surface area contributed by atoms with Crippen LogP contribution in [-0.2, 0) is 12.7 Å². The van der Waals surface area contributed by atoms with Gasteiger partial charge in [-0.1, -0.05) is 11.6 Å². The van der Waals surface area contributed by atoms with Gasteiger partial charge in [0.2, 0.25) is 0 Å². The van der Waals surface area contributed by atoms with Crippen molar-refractivity contribution in [3.63, 3.8) is 0 Å². The average Bonchev–Trinajstić information content (AvgIpc) is 3.04. The van der Waals surface area contributed by atoms with E-state index in [1.807, 2.05) is 0 Å². The molecule has 130 valence electrons. The summed E-state index contributed by atoms with van der Waals surface area (Å²) in [5.41, 5.74) is 5.74. The van der Waals surface area contributed by atoms with Crippen LogP contribution in [0.3, 0.4) is 0 Å². The molecule has 9 heteroatoms. The normalized spacial score (nSPS) is 11.8. The van der Waals surface area contributed by atoms with E-state index in [1.54, 1.807) is 0 Å². The minimum absolute atomic E-state index is 0.0182. The number of rotatable bonds is 3. The zero-order valence-corrected chi connectivity index (χ0v) is 13.3. The van der Waals surface area contributed by atoms with Crippen molar-refractivity contribution in [2.24, 2.45) is 5.73 Å². The first-order chi connectivity index (χ1) is 11.8. The van der Waals surface area contributed by atoms with Crippen LogP contribution in [0.25, 0.3) is 17.1 Å². The monoisotopic (exact) mass is 370 g/mol. The van der Waals surface area contributed by atoms with Gasteiger partial charge >= 0.3 is 6.18 Å². The fourth-order valence-electron chi connectivity index (χ4n) is 2.24. The molecule has 0 aliphatic rings. The third-order valence-electron chi connectivity index (χ3n) is 3.55. The van der Waals surface area contributed by atoms with Gasteiger partial charge in [-0.3, -0.25) is 0 Å². The largest absolute Gasteiger partial charge is 0.416 e. The second kappa shape index (κ2) is 6.45. The Kier molecular flexibility index (Phi) is 4.49. The minimum atomic E-state index is -4.41. The van der Waals surface area contributed by atoms with Crippen LogP contribution in [0.5, 0.6) is 0 Å². The highest BCUT2D eigenvalue weighted by Crippen LogP contribution is 2.30. The van der Waals surface area contributed by atoms with Gasteiger partial charge in [0.05, 0.1) is 16.3 Å². The van der Waals surface area contributed by atoms with Crippen LogP contribution in [0.4, 0.5) is 17.6 Å². The Morgan fingerprint density at radius 2 is 1.80 bits per heavy atom. The molecule has 4 nitrogen and oxygen atoms in total. The molecule has 0 aliphatic heterocycles. The van der Waals surface area contributed by atoms with Crippen LogP contribution in [0.15, 0.2) is 42.7 Å². The van der Waals surface area contributed by atoms with E-state index >= 15 is 0 Å². The maximum atomic E-state index is 13.6. The third kappa shape index (κ3) is 3.49. The van der Waals surface area contributed by atoms with Crippen LogP contribution in [-0.4, -0.2) is 14.8 Å². The van der Waals surface area contributed by atoms with Gasteiger partial charge in [0.15, 0.2) is 5.82 Å². The first-order valence-corrected chi connectivity index (χ1v) is 7.45. The smallest absolute Gasteiger partial charge is 0.326 e. The molecule has 0 saturated carbocycles. The lowest BCUT2D eigenvalue weighted by Gasteiger charge is -2.07. The number of halogens is 5. The lowest BCUT2D eigenvalue weighted by molar-refractivity contribution is -0.137. The lowest BCUT2D eigenvalue weighted by atomic mass is 10.1. The van der Waals surface area contributed by atoms with E-state index in [-0.39, 0.29) is 23.0 Å². The molecule has 25 heavy (non-hydrogen) atoms. The van der Waals surface area contributed by atoms with Gasteiger partial charge < -0.3 is 5.73 Å². The van der Waals surface area contributed by atoms with Gasteiger partial charge in [0.25, 0.3) is 0 Å². The van der Waals surface area contributed by atoms with Crippen LogP contribution in [0.1, 0.15) is 11.1 Å². The summed E-state index contributed by atoms with van der Waals surface area (Å²) >= 11 is 6.02. The summed E-state index contributed by atoms with van der Waals surface area (Å²) in [6, 6.07) is 7.03.